The maximum absolute atomic E-state index is 11.4. The zero-order chi connectivity index (χ0) is 14.8. The van der Waals surface area contributed by atoms with Crippen molar-refractivity contribution in [2.45, 2.75) is 26.3 Å². The van der Waals surface area contributed by atoms with Crippen LogP contribution in [0.5, 0.6) is 5.75 Å². The number of thiazole rings is 1. The van der Waals surface area contributed by atoms with Crippen molar-refractivity contribution in [3.8, 4) is 17.0 Å². The van der Waals surface area contributed by atoms with Gasteiger partial charge in [0.25, 0.3) is 5.91 Å². The number of carbonyl (C=O) groups excluding carboxylic acids is 1. The number of benzene rings is 1. The van der Waals surface area contributed by atoms with Crippen LogP contribution in [0.3, 0.4) is 0 Å². The van der Waals surface area contributed by atoms with Crippen LogP contribution in [0.2, 0.25) is 0 Å². The first-order valence-electron chi connectivity index (χ1n) is 6.95. The van der Waals surface area contributed by atoms with Gasteiger partial charge in [0.05, 0.1) is 11.4 Å². The smallest absolute Gasteiger partial charge is 0.262 e. The van der Waals surface area contributed by atoms with Crippen molar-refractivity contribution in [2.75, 3.05) is 17.2 Å². The van der Waals surface area contributed by atoms with Gasteiger partial charge in [-0.15, -0.1) is 11.3 Å². The number of amides is 1. The molecule has 21 heavy (non-hydrogen) atoms. The average Bonchev–Trinajstić information content (AvgIpc) is 2.94. The molecule has 0 saturated carbocycles. The highest BCUT2D eigenvalue weighted by molar-refractivity contribution is 7.14. The van der Waals surface area contributed by atoms with Crippen molar-refractivity contribution in [3.63, 3.8) is 0 Å². The summed E-state index contributed by atoms with van der Waals surface area (Å²) >= 11 is 1.59. The third kappa shape index (κ3) is 3.00. The molecule has 3 rings (SSSR count). The molecule has 5 nitrogen and oxygen atoms in total. The number of hydrogen-bond acceptors (Lipinski definition) is 5. The lowest BCUT2D eigenvalue weighted by atomic mass is 10.1. The number of fused-ring (bicyclic) bond motifs is 1. The first-order valence-corrected chi connectivity index (χ1v) is 7.83. The zero-order valence-corrected chi connectivity index (χ0v) is 12.8. The Morgan fingerprint density at radius 1 is 1.52 bits per heavy atom. The lowest BCUT2D eigenvalue weighted by Crippen LogP contribution is -2.25. The third-order valence-electron chi connectivity index (χ3n) is 3.39. The molecule has 0 radical (unpaired) electrons. The van der Waals surface area contributed by atoms with E-state index in [9.17, 15) is 4.79 Å². The van der Waals surface area contributed by atoms with Gasteiger partial charge in [-0.05, 0) is 31.5 Å². The molecule has 1 aromatic heterocycles. The molecular formula is C15H17N3O2S. The fraction of sp³-hybridized carbons (Fsp3) is 0.333. The average molecular weight is 303 g/mol. The first kappa shape index (κ1) is 13.9. The normalized spacial score (nSPS) is 14.9. The molecule has 0 spiro atoms. The number of ether oxygens (including phenoxy) is 1. The van der Waals surface area contributed by atoms with Crippen LogP contribution in [0.25, 0.3) is 11.3 Å². The Morgan fingerprint density at radius 3 is 3.19 bits per heavy atom. The minimum atomic E-state index is -0.128. The van der Waals surface area contributed by atoms with Crippen LogP contribution < -0.4 is 15.4 Å². The SMILES string of the molecule is CC[C@@H](C)Nc1nc(-c2ccc3c(c2)NC(=O)CO3)cs1. The number of hydrogen-bond donors (Lipinski definition) is 2. The Bertz CT molecular complexity index is 669. The highest BCUT2D eigenvalue weighted by Gasteiger charge is 2.17. The summed E-state index contributed by atoms with van der Waals surface area (Å²) in [6.07, 6.45) is 1.05. The van der Waals surface area contributed by atoms with Crippen LogP contribution in [-0.4, -0.2) is 23.5 Å². The molecule has 6 heteroatoms. The number of aromatic nitrogens is 1. The number of rotatable bonds is 4. The summed E-state index contributed by atoms with van der Waals surface area (Å²) in [5, 5.41) is 9.10. The summed E-state index contributed by atoms with van der Waals surface area (Å²) in [4.78, 5) is 16.0. The molecule has 0 unspecified atom stereocenters. The summed E-state index contributed by atoms with van der Waals surface area (Å²) in [6.45, 7) is 4.34. The molecule has 0 bridgehead atoms. The summed E-state index contributed by atoms with van der Waals surface area (Å²) in [5.41, 5.74) is 2.56. The third-order valence-corrected chi connectivity index (χ3v) is 4.17. The summed E-state index contributed by atoms with van der Waals surface area (Å²) in [5.74, 6) is 0.573. The Labute approximate surface area is 127 Å². The fourth-order valence-electron chi connectivity index (χ4n) is 2.03. The van der Waals surface area contributed by atoms with Crippen LogP contribution in [-0.2, 0) is 4.79 Å². The first-order chi connectivity index (χ1) is 10.2. The highest BCUT2D eigenvalue weighted by Crippen LogP contribution is 2.33. The Morgan fingerprint density at radius 2 is 2.38 bits per heavy atom. The maximum Gasteiger partial charge on any atom is 0.262 e. The largest absolute Gasteiger partial charge is 0.482 e. The van der Waals surface area contributed by atoms with Crippen molar-refractivity contribution in [2.24, 2.45) is 0 Å². The zero-order valence-electron chi connectivity index (χ0n) is 12.0. The second-order valence-corrected chi connectivity index (χ2v) is 5.90. The topological polar surface area (TPSA) is 63.2 Å². The van der Waals surface area contributed by atoms with Gasteiger partial charge in [-0.25, -0.2) is 4.98 Å². The maximum atomic E-state index is 11.4. The van der Waals surface area contributed by atoms with E-state index in [1.807, 2.05) is 23.6 Å². The van der Waals surface area contributed by atoms with Crippen LogP contribution in [0.15, 0.2) is 23.6 Å². The van der Waals surface area contributed by atoms with Gasteiger partial charge in [0, 0.05) is 17.0 Å². The second kappa shape index (κ2) is 5.73. The molecule has 2 aromatic rings. The van der Waals surface area contributed by atoms with Crippen molar-refractivity contribution in [3.05, 3.63) is 23.6 Å². The van der Waals surface area contributed by atoms with Crippen LogP contribution in [0, 0.1) is 0 Å². The summed E-state index contributed by atoms with van der Waals surface area (Å²) in [6, 6.07) is 6.12. The van der Waals surface area contributed by atoms with Gasteiger partial charge in [0.15, 0.2) is 11.7 Å². The lowest BCUT2D eigenvalue weighted by molar-refractivity contribution is -0.118. The molecule has 0 saturated heterocycles. The Hall–Kier alpha value is -2.08. The Kier molecular flexibility index (Phi) is 3.79. The van der Waals surface area contributed by atoms with Gasteiger partial charge in [0.2, 0.25) is 0 Å². The molecule has 110 valence electrons. The van der Waals surface area contributed by atoms with E-state index in [1.54, 1.807) is 11.3 Å². The van der Waals surface area contributed by atoms with Crippen LogP contribution >= 0.6 is 11.3 Å². The van der Waals surface area contributed by atoms with Gasteiger partial charge in [-0.1, -0.05) is 6.92 Å². The molecular weight excluding hydrogens is 286 g/mol. The fourth-order valence-corrected chi connectivity index (χ4v) is 2.86. The van der Waals surface area contributed by atoms with E-state index in [-0.39, 0.29) is 12.5 Å². The van der Waals surface area contributed by atoms with E-state index >= 15 is 0 Å². The number of anilines is 2. The number of carbonyl (C=O) groups is 1. The van der Waals surface area contributed by atoms with Gasteiger partial charge in [0.1, 0.15) is 5.75 Å². The molecule has 1 aromatic carbocycles. The Balaban J connectivity index is 1.84. The number of nitrogens with one attached hydrogen (secondary N) is 2. The molecule has 2 heterocycles. The van der Waals surface area contributed by atoms with E-state index < -0.39 is 0 Å². The van der Waals surface area contributed by atoms with E-state index in [4.69, 9.17) is 4.74 Å². The second-order valence-electron chi connectivity index (χ2n) is 5.04. The minimum Gasteiger partial charge on any atom is -0.482 e. The van der Waals surface area contributed by atoms with Crippen LogP contribution in [0.4, 0.5) is 10.8 Å². The number of nitrogens with zero attached hydrogens (tertiary/aromatic N) is 1. The van der Waals surface area contributed by atoms with Crippen LogP contribution in [0.1, 0.15) is 20.3 Å². The standard InChI is InChI=1S/C15H17N3O2S/c1-3-9(2)16-15-18-12(8-21-15)10-4-5-13-11(6-10)17-14(19)7-20-13/h4-6,8-9H,3,7H2,1-2H3,(H,16,18)(H,17,19)/t9-/m1/s1. The van der Waals surface area contributed by atoms with Crippen molar-refractivity contribution < 1.29 is 9.53 Å². The monoisotopic (exact) mass is 303 g/mol. The predicted octanol–water partition coefficient (Wildman–Crippen LogP) is 3.35. The molecule has 0 fully saturated rings. The van der Waals surface area contributed by atoms with Crippen molar-refractivity contribution in [1.82, 2.24) is 4.98 Å². The molecule has 2 N–H and O–H groups in total. The predicted molar refractivity (Wildman–Crippen MR) is 85.1 cm³/mol. The van der Waals surface area contributed by atoms with Gasteiger partial charge in [-0.2, -0.15) is 0 Å². The van der Waals surface area contributed by atoms with E-state index in [1.165, 1.54) is 0 Å². The van der Waals surface area contributed by atoms with Crippen molar-refractivity contribution in [1.29, 1.82) is 0 Å². The molecule has 1 amide bonds. The van der Waals surface area contributed by atoms with Gasteiger partial charge < -0.3 is 15.4 Å². The van der Waals surface area contributed by atoms with E-state index in [2.05, 4.69) is 29.5 Å². The van der Waals surface area contributed by atoms with Gasteiger partial charge >= 0.3 is 0 Å². The van der Waals surface area contributed by atoms with Crippen molar-refractivity contribution >= 4 is 28.1 Å². The summed E-state index contributed by atoms with van der Waals surface area (Å²) in [7, 11) is 0. The quantitative estimate of drug-likeness (QED) is 0.909. The highest BCUT2D eigenvalue weighted by atomic mass is 32.1. The van der Waals surface area contributed by atoms with Gasteiger partial charge in [-0.3, -0.25) is 4.79 Å². The lowest BCUT2D eigenvalue weighted by Gasteiger charge is -2.18. The molecule has 1 aliphatic rings. The summed E-state index contributed by atoms with van der Waals surface area (Å²) < 4.78 is 5.36. The molecule has 1 atom stereocenters. The van der Waals surface area contributed by atoms with E-state index in [0.717, 1.165) is 22.8 Å². The minimum absolute atomic E-state index is 0.0754. The molecule has 1 aliphatic heterocycles. The molecule has 0 aliphatic carbocycles. The van der Waals surface area contributed by atoms with E-state index in [0.29, 0.717) is 17.5 Å².